The molecule has 0 spiro atoms. The van der Waals surface area contributed by atoms with Crippen molar-refractivity contribution in [2.45, 2.75) is 49.5 Å². The molecule has 1 fully saturated rings. The lowest BCUT2D eigenvalue weighted by Gasteiger charge is -2.32. The first-order valence-electron chi connectivity index (χ1n) is 7.75. The molecule has 0 amide bonds. The molecular formula is C16H21NO4S. The van der Waals surface area contributed by atoms with Crippen molar-refractivity contribution in [3.8, 4) is 0 Å². The number of ether oxygens (including phenoxy) is 1. The van der Waals surface area contributed by atoms with E-state index in [1.165, 1.54) is 17.0 Å². The topological polar surface area (TPSA) is 63.7 Å². The average molecular weight is 323 g/mol. The highest BCUT2D eigenvalue weighted by Crippen LogP contribution is 2.29. The summed E-state index contributed by atoms with van der Waals surface area (Å²) in [6, 6.07) is 4.66. The van der Waals surface area contributed by atoms with Gasteiger partial charge < -0.3 is 4.74 Å². The van der Waals surface area contributed by atoms with Gasteiger partial charge in [-0.15, -0.1) is 0 Å². The molecule has 120 valence electrons. The van der Waals surface area contributed by atoms with Crippen LogP contribution in [0, 0.1) is 0 Å². The Morgan fingerprint density at radius 2 is 1.95 bits per heavy atom. The summed E-state index contributed by atoms with van der Waals surface area (Å²) in [6.07, 6.45) is 5.17. The van der Waals surface area contributed by atoms with Crippen LogP contribution in [0.3, 0.4) is 0 Å². The maximum atomic E-state index is 12.9. The van der Waals surface area contributed by atoms with E-state index < -0.39 is 22.0 Å². The van der Waals surface area contributed by atoms with E-state index >= 15 is 0 Å². The Labute approximate surface area is 131 Å². The van der Waals surface area contributed by atoms with Gasteiger partial charge >= 0.3 is 5.97 Å². The van der Waals surface area contributed by atoms with Crippen LogP contribution in [0.25, 0.3) is 0 Å². The summed E-state index contributed by atoms with van der Waals surface area (Å²) in [4.78, 5) is 12.2. The summed E-state index contributed by atoms with van der Waals surface area (Å²) in [5, 5.41) is 0. The first-order valence-corrected chi connectivity index (χ1v) is 9.19. The van der Waals surface area contributed by atoms with E-state index in [1.54, 1.807) is 12.1 Å². The van der Waals surface area contributed by atoms with Crippen LogP contribution in [0.2, 0.25) is 0 Å². The second kappa shape index (κ2) is 6.01. The third-order valence-corrected chi connectivity index (χ3v) is 6.51. The molecule has 6 heteroatoms. The van der Waals surface area contributed by atoms with Crippen LogP contribution >= 0.6 is 0 Å². The molecule has 0 N–H and O–H groups in total. The first-order chi connectivity index (χ1) is 10.5. The molecule has 1 unspecified atom stereocenters. The minimum absolute atomic E-state index is 0.295. The van der Waals surface area contributed by atoms with E-state index in [2.05, 4.69) is 0 Å². The minimum atomic E-state index is -3.66. The Morgan fingerprint density at radius 1 is 1.18 bits per heavy atom. The van der Waals surface area contributed by atoms with Gasteiger partial charge in [-0.2, -0.15) is 4.31 Å². The smallest absolute Gasteiger partial charge is 0.324 e. The van der Waals surface area contributed by atoms with Crippen molar-refractivity contribution in [2.75, 3.05) is 13.7 Å². The Kier molecular flexibility index (Phi) is 4.23. The molecule has 0 saturated carbocycles. The van der Waals surface area contributed by atoms with Crippen LogP contribution in [0.15, 0.2) is 23.1 Å². The van der Waals surface area contributed by atoms with Crippen LogP contribution < -0.4 is 0 Å². The first kappa shape index (κ1) is 15.5. The largest absolute Gasteiger partial charge is 0.468 e. The molecule has 5 nitrogen and oxygen atoms in total. The lowest BCUT2D eigenvalue weighted by atomic mass is 10.1. The molecule has 1 aliphatic heterocycles. The Hall–Kier alpha value is -1.40. The molecule has 0 aromatic heterocycles. The molecule has 1 aromatic rings. The van der Waals surface area contributed by atoms with Crippen LogP contribution in [-0.2, 0) is 32.4 Å². The van der Waals surface area contributed by atoms with Gasteiger partial charge in [-0.25, -0.2) is 8.42 Å². The van der Waals surface area contributed by atoms with Crippen LogP contribution in [-0.4, -0.2) is 38.4 Å². The van der Waals surface area contributed by atoms with E-state index in [0.717, 1.165) is 37.7 Å². The van der Waals surface area contributed by atoms with E-state index in [9.17, 15) is 13.2 Å². The fourth-order valence-corrected chi connectivity index (χ4v) is 5.11. The minimum Gasteiger partial charge on any atom is -0.468 e. The molecular weight excluding hydrogens is 302 g/mol. The lowest BCUT2D eigenvalue weighted by Crippen LogP contribution is -2.48. The van der Waals surface area contributed by atoms with Gasteiger partial charge in [-0.05, 0) is 61.8 Å². The van der Waals surface area contributed by atoms with E-state index in [4.69, 9.17) is 4.74 Å². The van der Waals surface area contributed by atoms with Crippen molar-refractivity contribution in [1.29, 1.82) is 0 Å². The van der Waals surface area contributed by atoms with Crippen molar-refractivity contribution >= 4 is 16.0 Å². The summed E-state index contributed by atoms with van der Waals surface area (Å²) in [5.74, 6) is -0.468. The van der Waals surface area contributed by atoms with Crippen molar-refractivity contribution < 1.29 is 17.9 Å². The fraction of sp³-hybridized carbons (Fsp3) is 0.562. The van der Waals surface area contributed by atoms with E-state index in [0.29, 0.717) is 17.9 Å². The summed E-state index contributed by atoms with van der Waals surface area (Å²) < 4.78 is 32.0. The van der Waals surface area contributed by atoms with Crippen molar-refractivity contribution in [3.05, 3.63) is 29.3 Å². The summed E-state index contributed by atoms with van der Waals surface area (Å²) in [7, 11) is -2.35. The number of benzene rings is 1. The molecule has 1 aromatic carbocycles. The van der Waals surface area contributed by atoms with Crippen molar-refractivity contribution in [2.24, 2.45) is 0 Å². The number of rotatable bonds is 3. The number of hydrogen-bond donors (Lipinski definition) is 0. The molecule has 1 saturated heterocycles. The maximum absolute atomic E-state index is 12.9. The zero-order valence-electron chi connectivity index (χ0n) is 12.7. The summed E-state index contributed by atoms with van der Waals surface area (Å²) >= 11 is 0. The number of carbonyl (C=O) groups is 1. The zero-order chi connectivity index (χ0) is 15.7. The Balaban J connectivity index is 1.95. The molecule has 0 bridgehead atoms. The van der Waals surface area contributed by atoms with E-state index in [-0.39, 0.29) is 0 Å². The summed E-state index contributed by atoms with van der Waals surface area (Å²) in [5.41, 5.74) is 2.36. The van der Waals surface area contributed by atoms with Gasteiger partial charge in [-0.3, -0.25) is 4.79 Å². The fourth-order valence-electron chi connectivity index (χ4n) is 3.41. The number of aryl methyl sites for hydroxylation is 2. The number of sulfonamides is 1. The van der Waals surface area contributed by atoms with Gasteiger partial charge in [0.05, 0.1) is 12.0 Å². The highest BCUT2D eigenvalue weighted by atomic mass is 32.2. The van der Waals surface area contributed by atoms with Crippen LogP contribution in [0.1, 0.15) is 36.8 Å². The second-order valence-corrected chi connectivity index (χ2v) is 7.83. The van der Waals surface area contributed by atoms with Gasteiger partial charge in [-0.1, -0.05) is 6.07 Å². The number of hydrogen-bond acceptors (Lipinski definition) is 4. The molecule has 3 rings (SSSR count). The number of fused-ring (bicyclic) bond motifs is 1. The number of methoxy groups -OCH3 is 1. The predicted octanol–water partition coefficient (Wildman–Crippen LogP) is 1.89. The van der Waals surface area contributed by atoms with Gasteiger partial charge in [0.2, 0.25) is 10.0 Å². The van der Waals surface area contributed by atoms with Crippen LogP contribution in [0.5, 0.6) is 0 Å². The van der Waals surface area contributed by atoms with Crippen LogP contribution in [0.4, 0.5) is 0 Å². The zero-order valence-corrected chi connectivity index (χ0v) is 13.6. The maximum Gasteiger partial charge on any atom is 0.324 e. The number of piperidine rings is 1. The average Bonchev–Trinajstić information content (AvgIpc) is 3.01. The van der Waals surface area contributed by atoms with Gasteiger partial charge in [0, 0.05) is 6.54 Å². The monoisotopic (exact) mass is 323 g/mol. The molecule has 1 aliphatic carbocycles. The van der Waals surface area contributed by atoms with Gasteiger partial charge in [0.15, 0.2) is 0 Å². The number of esters is 1. The lowest BCUT2D eigenvalue weighted by molar-refractivity contribution is -0.146. The third kappa shape index (κ3) is 2.65. The van der Waals surface area contributed by atoms with E-state index in [1.807, 2.05) is 6.07 Å². The third-order valence-electron chi connectivity index (χ3n) is 4.60. The molecule has 1 heterocycles. The number of carbonyl (C=O) groups excluding carboxylic acids is 1. The highest BCUT2D eigenvalue weighted by molar-refractivity contribution is 7.89. The van der Waals surface area contributed by atoms with Crippen molar-refractivity contribution in [1.82, 2.24) is 4.31 Å². The quantitative estimate of drug-likeness (QED) is 0.797. The predicted molar refractivity (Wildman–Crippen MR) is 82.0 cm³/mol. The normalized spacial score (nSPS) is 22.3. The van der Waals surface area contributed by atoms with Gasteiger partial charge in [0.25, 0.3) is 0 Å². The molecule has 1 atom stereocenters. The SMILES string of the molecule is COC(=O)C1CCCCN1S(=O)(=O)c1ccc2c(c1)CCC2. The molecule has 2 aliphatic rings. The Morgan fingerprint density at radius 3 is 2.73 bits per heavy atom. The standard InChI is InChI=1S/C16H21NO4S/c1-21-16(18)15-7-2-3-10-17(15)22(19,20)14-9-8-12-5-4-6-13(12)11-14/h8-9,11,15H,2-7,10H2,1H3. The Bertz CT molecular complexity index is 683. The second-order valence-electron chi connectivity index (χ2n) is 5.93. The van der Waals surface area contributed by atoms with Crippen molar-refractivity contribution in [3.63, 3.8) is 0 Å². The highest BCUT2D eigenvalue weighted by Gasteiger charge is 2.38. The van der Waals surface area contributed by atoms with Gasteiger partial charge in [0.1, 0.15) is 6.04 Å². The number of nitrogens with zero attached hydrogens (tertiary/aromatic N) is 1. The molecule has 0 radical (unpaired) electrons. The summed E-state index contributed by atoms with van der Waals surface area (Å²) in [6.45, 7) is 0.374. The molecule has 22 heavy (non-hydrogen) atoms.